The number of amides is 1. The van der Waals surface area contributed by atoms with Crippen molar-refractivity contribution in [3.05, 3.63) is 28.2 Å². The molecule has 1 rings (SSSR count). The van der Waals surface area contributed by atoms with Gasteiger partial charge in [0.2, 0.25) is 5.43 Å². The number of nitrogens with zero attached hydrogens (tertiary/aromatic N) is 1. The van der Waals surface area contributed by atoms with Crippen molar-refractivity contribution in [2.24, 2.45) is 0 Å². The number of pyridine rings is 1. The molecular formula is C13H18N2O5. The highest BCUT2D eigenvalue weighted by molar-refractivity contribution is 5.78. The molecular weight excluding hydrogens is 264 g/mol. The molecule has 7 heteroatoms. The zero-order valence-corrected chi connectivity index (χ0v) is 11.8. The number of aromatic nitrogens is 1. The largest absolute Gasteiger partial charge is 0.465 e. The number of hydrogen-bond donors (Lipinski definition) is 1. The van der Waals surface area contributed by atoms with Crippen LogP contribution in [0.4, 0.5) is 4.79 Å². The molecule has 1 aromatic heterocycles. The number of carbonyl (C=O) groups is 2. The van der Waals surface area contributed by atoms with E-state index in [-0.39, 0.29) is 18.9 Å². The van der Waals surface area contributed by atoms with Gasteiger partial charge in [0.05, 0.1) is 12.3 Å². The van der Waals surface area contributed by atoms with Gasteiger partial charge >= 0.3 is 12.1 Å². The summed E-state index contributed by atoms with van der Waals surface area (Å²) in [6.45, 7) is 5.82. The quantitative estimate of drug-likeness (QED) is 0.808. The molecule has 0 fully saturated rings. The van der Waals surface area contributed by atoms with E-state index < -0.39 is 17.5 Å². The van der Waals surface area contributed by atoms with Gasteiger partial charge < -0.3 is 19.4 Å². The lowest BCUT2D eigenvalue weighted by Crippen LogP contribution is -2.34. The maximum atomic E-state index is 11.7. The number of esters is 1. The smallest absolute Gasteiger partial charge is 0.413 e. The molecule has 0 unspecified atom stereocenters. The summed E-state index contributed by atoms with van der Waals surface area (Å²) in [7, 11) is 0. The number of aryl methyl sites for hydroxylation is 1. The summed E-state index contributed by atoms with van der Waals surface area (Å²) in [6.07, 6.45) is 0.758. The Morgan fingerprint density at radius 1 is 1.35 bits per heavy atom. The first-order valence-electron chi connectivity index (χ1n) is 6.30. The van der Waals surface area contributed by atoms with Gasteiger partial charge in [-0.25, -0.2) is 4.79 Å². The fourth-order valence-corrected chi connectivity index (χ4v) is 1.61. The minimum absolute atomic E-state index is 0.0456. The third kappa shape index (κ3) is 4.11. The van der Waals surface area contributed by atoms with Crippen LogP contribution in [0.1, 0.15) is 19.5 Å². The van der Waals surface area contributed by atoms with Crippen molar-refractivity contribution in [2.45, 2.75) is 27.3 Å². The third-order valence-electron chi connectivity index (χ3n) is 2.61. The van der Waals surface area contributed by atoms with Crippen LogP contribution in [-0.2, 0) is 16.1 Å². The van der Waals surface area contributed by atoms with Crippen LogP contribution >= 0.6 is 0 Å². The molecule has 0 atom stereocenters. The Morgan fingerprint density at radius 2 is 2.05 bits per heavy atom. The van der Waals surface area contributed by atoms with E-state index in [2.05, 4.69) is 10.1 Å². The van der Waals surface area contributed by atoms with Gasteiger partial charge in [-0.3, -0.25) is 9.59 Å². The molecule has 0 aliphatic heterocycles. The second-order valence-corrected chi connectivity index (χ2v) is 3.93. The molecule has 110 valence electrons. The van der Waals surface area contributed by atoms with Crippen molar-refractivity contribution in [3.8, 4) is 5.75 Å². The second-order valence-electron chi connectivity index (χ2n) is 3.93. The molecule has 20 heavy (non-hydrogen) atoms. The normalized spacial score (nSPS) is 9.95. The van der Waals surface area contributed by atoms with Crippen molar-refractivity contribution < 1.29 is 19.1 Å². The summed E-state index contributed by atoms with van der Waals surface area (Å²) in [6, 6.07) is 1.32. The first-order valence-corrected chi connectivity index (χ1v) is 6.30. The first-order chi connectivity index (χ1) is 9.49. The lowest BCUT2D eigenvalue weighted by atomic mass is 10.3. The van der Waals surface area contributed by atoms with Crippen LogP contribution in [0.25, 0.3) is 0 Å². The van der Waals surface area contributed by atoms with Crippen LogP contribution in [0.5, 0.6) is 5.75 Å². The SMILES string of the molecule is CCOC(=O)CNC(=O)Oc1c(C)n(CC)ccc1=O. The van der Waals surface area contributed by atoms with Gasteiger partial charge in [-0.05, 0) is 20.8 Å². The Balaban J connectivity index is 2.71. The highest BCUT2D eigenvalue weighted by Crippen LogP contribution is 2.11. The van der Waals surface area contributed by atoms with Gasteiger partial charge in [-0.15, -0.1) is 0 Å². The topological polar surface area (TPSA) is 86.6 Å². The van der Waals surface area contributed by atoms with E-state index in [1.54, 1.807) is 24.6 Å². The Labute approximate surface area is 116 Å². The standard InChI is InChI=1S/C13H18N2O5/c1-4-15-7-6-10(16)12(9(15)3)20-13(18)14-8-11(17)19-5-2/h6-7H,4-5,8H2,1-3H3,(H,14,18). The lowest BCUT2D eigenvalue weighted by Gasteiger charge is -2.12. The van der Waals surface area contributed by atoms with Crippen LogP contribution in [-0.4, -0.2) is 29.8 Å². The van der Waals surface area contributed by atoms with Gasteiger partial charge in [0.1, 0.15) is 6.54 Å². The van der Waals surface area contributed by atoms with E-state index in [1.807, 2.05) is 6.92 Å². The molecule has 0 aliphatic rings. The van der Waals surface area contributed by atoms with Crippen molar-refractivity contribution in [2.75, 3.05) is 13.2 Å². The number of ether oxygens (including phenoxy) is 2. The highest BCUT2D eigenvalue weighted by atomic mass is 16.6. The minimum atomic E-state index is -0.868. The summed E-state index contributed by atoms with van der Waals surface area (Å²) in [5.74, 6) is -0.615. The number of carbonyl (C=O) groups excluding carboxylic acids is 2. The van der Waals surface area contributed by atoms with Gasteiger partial charge in [-0.1, -0.05) is 0 Å². The average molecular weight is 282 g/mol. The highest BCUT2D eigenvalue weighted by Gasteiger charge is 2.13. The first kappa shape index (κ1) is 15.7. The summed E-state index contributed by atoms with van der Waals surface area (Å²) in [4.78, 5) is 34.3. The van der Waals surface area contributed by atoms with Crippen LogP contribution < -0.4 is 15.5 Å². The number of nitrogens with one attached hydrogen (secondary N) is 1. The number of rotatable bonds is 5. The molecule has 0 bridgehead atoms. The van der Waals surface area contributed by atoms with Gasteiger partial charge in [-0.2, -0.15) is 0 Å². The van der Waals surface area contributed by atoms with Gasteiger partial charge in [0.15, 0.2) is 5.75 Å². The van der Waals surface area contributed by atoms with Crippen molar-refractivity contribution >= 4 is 12.1 Å². The Bertz CT molecular complexity index is 550. The van der Waals surface area contributed by atoms with Crippen LogP contribution in [0.3, 0.4) is 0 Å². The molecule has 0 radical (unpaired) electrons. The maximum absolute atomic E-state index is 11.7. The molecule has 0 aromatic carbocycles. The predicted octanol–water partition coefficient (Wildman–Crippen LogP) is 0.828. The Hall–Kier alpha value is -2.31. The van der Waals surface area contributed by atoms with Crippen molar-refractivity contribution in [3.63, 3.8) is 0 Å². The van der Waals surface area contributed by atoms with Gasteiger partial charge in [0, 0.05) is 18.8 Å². The van der Waals surface area contributed by atoms with E-state index in [0.717, 1.165) is 0 Å². The Morgan fingerprint density at radius 3 is 2.65 bits per heavy atom. The summed E-state index contributed by atoms with van der Waals surface area (Å²) >= 11 is 0. The molecule has 0 spiro atoms. The minimum Gasteiger partial charge on any atom is -0.465 e. The average Bonchev–Trinajstić information content (AvgIpc) is 2.42. The molecule has 0 saturated carbocycles. The van der Waals surface area contributed by atoms with Gasteiger partial charge in [0.25, 0.3) is 0 Å². The van der Waals surface area contributed by atoms with E-state index >= 15 is 0 Å². The van der Waals surface area contributed by atoms with E-state index in [4.69, 9.17) is 4.74 Å². The summed E-state index contributed by atoms with van der Waals surface area (Å²) in [5.41, 5.74) is 0.157. The maximum Gasteiger partial charge on any atom is 0.413 e. The second kappa shape index (κ2) is 7.32. The Kier molecular flexibility index (Phi) is 5.76. The molecule has 0 saturated heterocycles. The van der Waals surface area contributed by atoms with Crippen LogP contribution in [0.2, 0.25) is 0 Å². The van der Waals surface area contributed by atoms with Crippen LogP contribution in [0, 0.1) is 6.92 Å². The van der Waals surface area contributed by atoms with E-state index in [9.17, 15) is 14.4 Å². The van der Waals surface area contributed by atoms with Crippen molar-refractivity contribution in [1.82, 2.24) is 9.88 Å². The number of hydrogen-bond acceptors (Lipinski definition) is 5. The fourth-order valence-electron chi connectivity index (χ4n) is 1.61. The van der Waals surface area contributed by atoms with E-state index in [0.29, 0.717) is 12.2 Å². The monoisotopic (exact) mass is 282 g/mol. The molecule has 1 aromatic rings. The third-order valence-corrected chi connectivity index (χ3v) is 2.61. The summed E-state index contributed by atoms with van der Waals surface area (Å²) in [5, 5.41) is 2.22. The molecule has 7 nitrogen and oxygen atoms in total. The fraction of sp³-hybridized carbons (Fsp3) is 0.462. The predicted molar refractivity (Wildman–Crippen MR) is 71.8 cm³/mol. The van der Waals surface area contributed by atoms with Crippen molar-refractivity contribution in [1.29, 1.82) is 0 Å². The zero-order valence-electron chi connectivity index (χ0n) is 11.8. The summed E-state index contributed by atoms with van der Waals surface area (Å²) < 4.78 is 11.4. The molecule has 0 aliphatic carbocycles. The molecule has 1 heterocycles. The van der Waals surface area contributed by atoms with Crippen LogP contribution in [0.15, 0.2) is 17.1 Å². The molecule has 1 N–H and O–H groups in total. The molecule has 1 amide bonds. The lowest BCUT2D eigenvalue weighted by molar-refractivity contribution is -0.141. The van der Waals surface area contributed by atoms with E-state index in [1.165, 1.54) is 6.07 Å². The zero-order chi connectivity index (χ0) is 15.1.